The summed E-state index contributed by atoms with van der Waals surface area (Å²) in [6.07, 6.45) is 8.15. The maximum Gasteiger partial charge on any atom is 0.293 e. The predicted molar refractivity (Wildman–Crippen MR) is 75.6 cm³/mol. The number of aromatic nitrogens is 2. The lowest BCUT2D eigenvalue weighted by Crippen LogP contribution is -2.40. The molecule has 104 valence electrons. The molecular weight excluding hydrogens is 240 g/mol. The van der Waals surface area contributed by atoms with E-state index in [0.29, 0.717) is 11.9 Å². The van der Waals surface area contributed by atoms with Crippen LogP contribution in [0.4, 0.5) is 5.82 Å². The third kappa shape index (κ3) is 2.66. The highest BCUT2D eigenvalue weighted by Crippen LogP contribution is 2.33. The molecule has 1 N–H and O–H groups in total. The third-order valence-electron chi connectivity index (χ3n) is 4.20. The molecule has 1 aliphatic heterocycles. The van der Waals surface area contributed by atoms with Gasteiger partial charge in [-0.25, -0.2) is 4.98 Å². The quantitative estimate of drug-likeness (QED) is 0.880. The maximum atomic E-state index is 12.4. The smallest absolute Gasteiger partial charge is 0.293 e. The van der Waals surface area contributed by atoms with Gasteiger partial charge in [0.15, 0.2) is 5.82 Å². The Bertz CT molecular complexity index is 486. The van der Waals surface area contributed by atoms with E-state index < -0.39 is 0 Å². The van der Waals surface area contributed by atoms with E-state index in [1.807, 2.05) is 17.8 Å². The summed E-state index contributed by atoms with van der Waals surface area (Å²) in [6.45, 7) is 2.97. The average Bonchev–Trinajstić information content (AvgIpc) is 3.25. The second kappa shape index (κ2) is 5.33. The lowest BCUT2D eigenvalue weighted by atomic mass is 9.97. The van der Waals surface area contributed by atoms with Gasteiger partial charge in [-0.15, -0.1) is 0 Å². The lowest BCUT2D eigenvalue weighted by molar-refractivity contribution is 0.391. The molecule has 0 radical (unpaired) electrons. The van der Waals surface area contributed by atoms with E-state index in [4.69, 9.17) is 0 Å². The van der Waals surface area contributed by atoms with E-state index in [0.717, 1.165) is 51.2 Å². The first kappa shape index (κ1) is 12.7. The van der Waals surface area contributed by atoms with Crippen LogP contribution < -0.4 is 15.8 Å². The number of anilines is 1. The molecule has 0 bridgehead atoms. The van der Waals surface area contributed by atoms with Crippen LogP contribution in [0, 0.1) is 5.92 Å². The summed E-state index contributed by atoms with van der Waals surface area (Å²) in [5.74, 6) is 1.38. The van der Waals surface area contributed by atoms with E-state index in [1.54, 1.807) is 6.20 Å². The Hall–Kier alpha value is -1.36. The van der Waals surface area contributed by atoms with E-state index in [2.05, 4.69) is 15.2 Å². The van der Waals surface area contributed by atoms with Gasteiger partial charge in [0.2, 0.25) is 0 Å². The van der Waals surface area contributed by atoms with Crippen molar-refractivity contribution in [3.8, 4) is 0 Å². The van der Waals surface area contributed by atoms with Gasteiger partial charge in [-0.3, -0.25) is 4.79 Å². The summed E-state index contributed by atoms with van der Waals surface area (Å²) in [4.78, 5) is 18.9. The number of hydrogen-bond donors (Lipinski definition) is 1. The average molecular weight is 262 g/mol. The molecule has 2 heterocycles. The van der Waals surface area contributed by atoms with Crippen molar-refractivity contribution >= 4 is 5.82 Å². The van der Waals surface area contributed by atoms with Gasteiger partial charge < -0.3 is 14.8 Å². The molecule has 0 aromatic carbocycles. The summed E-state index contributed by atoms with van der Waals surface area (Å²) in [6, 6.07) is 0.427. The number of nitrogens with zero attached hydrogens (tertiary/aromatic N) is 3. The Morgan fingerprint density at radius 3 is 2.68 bits per heavy atom. The summed E-state index contributed by atoms with van der Waals surface area (Å²) in [5, 5.41) is 3.24. The second-order valence-corrected chi connectivity index (χ2v) is 5.68. The standard InChI is InChI=1S/C14H22N4O/c1-15-10-11-4-7-17(8-5-11)13-14(19)18(9-6-16-13)12-2-3-12/h6,9,11-12,15H,2-5,7-8,10H2,1H3. The molecule has 19 heavy (non-hydrogen) atoms. The molecule has 2 aliphatic rings. The van der Waals surface area contributed by atoms with Crippen molar-refractivity contribution in [1.82, 2.24) is 14.9 Å². The number of rotatable bonds is 4. The minimum Gasteiger partial charge on any atom is -0.352 e. The van der Waals surface area contributed by atoms with Gasteiger partial charge >= 0.3 is 0 Å². The van der Waals surface area contributed by atoms with Crippen LogP contribution in [0.25, 0.3) is 0 Å². The lowest BCUT2D eigenvalue weighted by Gasteiger charge is -2.32. The first-order chi connectivity index (χ1) is 9.29. The molecular formula is C14H22N4O. The Labute approximate surface area is 113 Å². The zero-order valence-electron chi connectivity index (χ0n) is 11.5. The Balaban J connectivity index is 1.73. The Morgan fingerprint density at radius 2 is 2.05 bits per heavy atom. The maximum absolute atomic E-state index is 12.4. The molecule has 2 fully saturated rings. The molecule has 1 saturated carbocycles. The van der Waals surface area contributed by atoms with E-state index in [-0.39, 0.29) is 5.56 Å². The third-order valence-corrected chi connectivity index (χ3v) is 4.20. The van der Waals surface area contributed by atoms with Crippen LogP contribution in [0.1, 0.15) is 31.7 Å². The highest BCUT2D eigenvalue weighted by Gasteiger charge is 2.27. The van der Waals surface area contributed by atoms with Crippen LogP contribution in [-0.4, -0.2) is 36.2 Å². The highest BCUT2D eigenvalue weighted by atomic mass is 16.1. The minimum atomic E-state index is 0.0945. The zero-order valence-corrected chi connectivity index (χ0v) is 11.5. The van der Waals surface area contributed by atoms with E-state index in [9.17, 15) is 4.79 Å². The number of hydrogen-bond acceptors (Lipinski definition) is 4. The molecule has 1 aromatic rings. The monoisotopic (exact) mass is 262 g/mol. The number of nitrogens with one attached hydrogen (secondary N) is 1. The van der Waals surface area contributed by atoms with Gasteiger partial charge in [-0.05, 0) is 45.2 Å². The van der Waals surface area contributed by atoms with Crippen LogP contribution in [0.2, 0.25) is 0 Å². The normalized spacial score (nSPS) is 20.8. The molecule has 1 saturated heterocycles. The fraction of sp³-hybridized carbons (Fsp3) is 0.714. The molecule has 5 nitrogen and oxygen atoms in total. The molecule has 3 rings (SSSR count). The molecule has 5 heteroatoms. The van der Waals surface area contributed by atoms with Crippen LogP contribution in [0.15, 0.2) is 17.2 Å². The van der Waals surface area contributed by atoms with Gasteiger partial charge in [-0.1, -0.05) is 0 Å². The van der Waals surface area contributed by atoms with Crippen molar-refractivity contribution in [3.05, 3.63) is 22.7 Å². The van der Waals surface area contributed by atoms with Crippen molar-refractivity contribution in [1.29, 1.82) is 0 Å². The van der Waals surface area contributed by atoms with Gasteiger partial charge in [0.1, 0.15) is 0 Å². The van der Waals surface area contributed by atoms with Crippen molar-refractivity contribution in [2.24, 2.45) is 5.92 Å². The van der Waals surface area contributed by atoms with Crippen molar-refractivity contribution in [3.63, 3.8) is 0 Å². The van der Waals surface area contributed by atoms with Crippen LogP contribution in [0.3, 0.4) is 0 Å². The van der Waals surface area contributed by atoms with Crippen LogP contribution in [-0.2, 0) is 0 Å². The fourth-order valence-corrected chi connectivity index (χ4v) is 2.91. The summed E-state index contributed by atoms with van der Waals surface area (Å²) < 4.78 is 1.86. The van der Waals surface area contributed by atoms with Crippen molar-refractivity contribution in [2.45, 2.75) is 31.7 Å². The predicted octanol–water partition coefficient (Wildman–Crippen LogP) is 1.01. The SMILES string of the molecule is CNCC1CCN(c2nccn(C3CC3)c2=O)CC1. The van der Waals surface area contributed by atoms with Gasteiger partial charge in [0.25, 0.3) is 5.56 Å². The van der Waals surface area contributed by atoms with Crippen molar-refractivity contribution in [2.75, 3.05) is 31.6 Å². The van der Waals surface area contributed by atoms with E-state index in [1.165, 1.54) is 0 Å². The van der Waals surface area contributed by atoms with Crippen LogP contribution >= 0.6 is 0 Å². The molecule has 1 aliphatic carbocycles. The molecule has 0 unspecified atom stereocenters. The Kier molecular flexibility index (Phi) is 3.55. The molecule has 0 spiro atoms. The van der Waals surface area contributed by atoms with E-state index >= 15 is 0 Å². The highest BCUT2D eigenvalue weighted by molar-refractivity contribution is 5.36. The topological polar surface area (TPSA) is 50.2 Å². The molecule has 1 aromatic heterocycles. The number of piperidine rings is 1. The first-order valence-electron chi connectivity index (χ1n) is 7.26. The van der Waals surface area contributed by atoms with Gasteiger partial charge in [-0.2, -0.15) is 0 Å². The molecule has 0 atom stereocenters. The summed E-state index contributed by atoms with van der Waals surface area (Å²) >= 11 is 0. The van der Waals surface area contributed by atoms with Crippen molar-refractivity contribution < 1.29 is 0 Å². The fourth-order valence-electron chi connectivity index (χ4n) is 2.91. The zero-order chi connectivity index (χ0) is 13.2. The Morgan fingerprint density at radius 1 is 1.32 bits per heavy atom. The largest absolute Gasteiger partial charge is 0.352 e. The first-order valence-corrected chi connectivity index (χ1v) is 7.26. The van der Waals surface area contributed by atoms with Gasteiger partial charge in [0, 0.05) is 31.5 Å². The molecule has 0 amide bonds. The summed E-state index contributed by atoms with van der Waals surface area (Å²) in [5.41, 5.74) is 0.0945. The second-order valence-electron chi connectivity index (χ2n) is 5.68. The van der Waals surface area contributed by atoms with Crippen LogP contribution in [0.5, 0.6) is 0 Å². The summed E-state index contributed by atoms with van der Waals surface area (Å²) in [7, 11) is 2.00. The minimum absolute atomic E-state index is 0.0945. The van der Waals surface area contributed by atoms with Gasteiger partial charge in [0.05, 0.1) is 0 Å².